The summed E-state index contributed by atoms with van der Waals surface area (Å²) in [4.78, 5) is 11.0. The van der Waals surface area contributed by atoms with Gasteiger partial charge in [0.25, 0.3) is 0 Å². The van der Waals surface area contributed by atoms with Gasteiger partial charge in [-0.25, -0.2) is 0 Å². The van der Waals surface area contributed by atoms with Crippen LogP contribution in [-0.4, -0.2) is 12.5 Å². The van der Waals surface area contributed by atoms with Crippen molar-refractivity contribution in [3.63, 3.8) is 0 Å². The lowest BCUT2D eigenvalue weighted by molar-refractivity contribution is -0.119. The minimum Gasteiger partial charge on any atom is -0.355 e. The molecule has 2 rings (SSSR count). The molecule has 0 aromatic heterocycles. The van der Waals surface area contributed by atoms with E-state index in [2.05, 4.69) is 30.4 Å². The highest BCUT2D eigenvalue weighted by atomic mass is 16.1. The molecule has 2 heteroatoms. The largest absolute Gasteiger partial charge is 0.355 e. The van der Waals surface area contributed by atoms with E-state index in [0.717, 1.165) is 6.54 Å². The molecule has 1 aromatic carbocycles. The van der Waals surface area contributed by atoms with E-state index in [1.54, 1.807) is 0 Å². The van der Waals surface area contributed by atoms with Crippen LogP contribution in [0.15, 0.2) is 24.3 Å². The second kappa shape index (κ2) is 3.21. The Kier molecular flexibility index (Phi) is 2.05. The Hall–Kier alpha value is -1.31. The molecule has 1 saturated heterocycles. The third-order valence-electron chi connectivity index (χ3n) is 2.49. The maximum Gasteiger partial charge on any atom is 0.220 e. The average Bonchev–Trinajstić information content (AvgIpc) is 2.52. The van der Waals surface area contributed by atoms with Crippen molar-refractivity contribution in [1.29, 1.82) is 0 Å². The highest BCUT2D eigenvalue weighted by Gasteiger charge is 2.22. The average molecular weight is 175 g/mol. The summed E-state index contributed by atoms with van der Waals surface area (Å²) in [5.41, 5.74) is 2.54. The molecule has 0 saturated carbocycles. The predicted octanol–water partition coefficient (Wildman–Crippen LogP) is 1.60. The normalized spacial score (nSPS) is 21.6. The van der Waals surface area contributed by atoms with E-state index in [1.807, 2.05) is 6.07 Å². The van der Waals surface area contributed by atoms with E-state index in [-0.39, 0.29) is 5.91 Å². The standard InChI is InChI=1S/C11H13NO/c1-8-3-2-4-9(5-8)10-6-11(13)12-7-10/h2-5,10H,6-7H2,1H3,(H,12,13). The first-order valence-corrected chi connectivity index (χ1v) is 4.59. The Morgan fingerprint density at radius 1 is 1.46 bits per heavy atom. The van der Waals surface area contributed by atoms with Gasteiger partial charge in [0.05, 0.1) is 0 Å². The van der Waals surface area contributed by atoms with Gasteiger partial charge in [-0.1, -0.05) is 29.8 Å². The minimum atomic E-state index is 0.173. The fourth-order valence-electron chi connectivity index (χ4n) is 1.76. The molecule has 1 atom stereocenters. The van der Waals surface area contributed by atoms with E-state index < -0.39 is 0 Å². The van der Waals surface area contributed by atoms with Gasteiger partial charge in [0.15, 0.2) is 0 Å². The second-order valence-corrected chi connectivity index (χ2v) is 3.62. The van der Waals surface area contributed by atoms with Crippen LogP contribution in [0.2, 0.25) is 0 Å². The van der Waals surface area contributed by atoms with Crippen LogP contribution in [0.5, 0.6) is 0 Å². The van der Waals surface area contributed by atoms with Gasteiger partial charge < -0.3 is 5.32 Å². The summed E-state index contributed by atoms with van der Waals surface area (Å²) in [6.45, 7) is 2.87. The quantitative estimate of drug-likeness (QED) is 0.690. The van der Waals surface area contributed by atoms with Crippen LogP contribution in [0.3, 0.4) is 0 Å². The molecule has 68 valence electrons. The molecule has 1 aliphatic heterocycles. The van der Waals surface area contributed by atoms with Crippen molar-refractivity contribution in [2.24, 2.45) is 0 Å². The summed E-state index contributed by atoms with van der Waals surface area (Å²) in [6, 6.07) is 8.38. The van der Waals surface area contributed by atoms with Crippen molar-refractivity contribution in [3.05, 3.63) is 35.4 Å². The first kappa shape index (κ1) is 8.30. The monoisotopic (exact) mass is 175 g/mol. The number of hydrogen-bond acceptors (Lipinski definition) is 1. The second-order valence-electron chi connectivity index (χ2n) is 3.62. The van der Waals surface area contributed by atoms with Gasteiger partial charge in [-0.3, -0.25) is 4.79 Å². The van der Waals surface area contributed by atoms with Crippen molar-refractivity contribution < 1.29 is 4.79 Å². The molecule has 1 N–H and O–H groups in total. The van der Waals surface area contributed by atoms with E-state index in [1.165, 1.54) is 11.1 Å². The molecule has 2 nitrogen and oxygen atoms in total. The van der Waals surface area contributed by atoms with E-state index >= 15 is 0 Å². The number of carbonyl (C=O) groups excluding carboxylic acids is 1. The number of nitrogens with one attached hydrogen (secondary N) is 1. The highest BCUT2D eigenvalue weighted by Crippen LogP contribution is 2.23. The third-order valence-corrected chi connectivity index (χ3v) is 2.49. The summed E-state index contributed by atoms with van der Waals surface area (Å²) in [5.74, 6) is 0.555. The van der Waals surface area contributed by atoms with Gasteiger partial charge in [-0.15, -0.1) is 0 Å². The number of hydrogen-bond donors (Lipinski definition) is 1. The van der Waals surface area contributed by atoms with E-state index in [9.17, 15) is 4.79 Å². The summed E-state index contributed by atoms with van der Waals surface area (Å²) in [5, 5.41) is 2.85. The van der Waals surface area contributed by atoms with Crippen LogP contribution in [0.4, 0.5) is 0 Å². The SMILES string of the molecule is Cc1cccc(C2CNC(=O)C2)c1. The molecule has 13 heavy (non-hydrogen) atoms. The lowest BCUT2D eigenvalue weighted by Gasteiger charge is -2.07. The highest BCUT2D eigenvalue weighted by molar-refractivity contribution is 5.79. The lowest BCUT2D eigenvalue weighted by atomic mass is 9.97. The van der Waals surface area contributed by atoms with Crippen LogP contribution in [0.25, 0.3) is 0 Å². The Labute approximate surface area is 78.0 Å². The van der Waals surface area contributed by atoms with Crippen molar-refractivity contribution in [1.82, 2.24) is 5.32 Å². The molecule has 1 unspecified atom stereocenters. The summed E-state index contributed by atoms with van der Waals surface area (Å²) < 4.78 is 0. The molecule has 1 aliphatic rings. The molecule has 1 fully saturated rings. The van der Waals surface area contributed by atoms with Gasteiger partial charge in [-0.2, -0.15) is 0 Å². The fraction of sp³-hybridized carbons (Fsp3) is 0.364. The number of aryl methyl sites for hydroxylation is 1. The van der Waals surface area contributed by atoms with Gasteiger partial charge >= 0.3 is 0 Å². The number of rotatable bonds is 1. The maximum atomic E-state index is 11.0. The molecule has 1 amide bonds. The van der Waals surface area contributed by atoms with Crippen molar-refractivity contribution in [2.45, 2.75) is 19.3 Å². The first-order valence-electron chi connectivity index (χ1n) is 4.59. The Morgan fingerprint density at radius 3 is 2.92 bits per heavy atom. The van der Waals surface area contributed by atoms with Gasteiger partial charge in [0.1, 0.15) is 0 Å². The zero-order chi connectivity index (χ0) is 9.26. The molecule has 0 radical (unpaired) electrons. The smallest absolute Gasteiger partial charge is 0.220 e. The Balaban J connectivity index is 2.21. The predicted molar refractivity (Wildman–Crippen MR) is 51.5 cm³/mol. The van der Waals surface area contributed by atoms with E-state index in [0.29, 0.717) is 12.3 Å². The molecule has 0 bridgehead atoms. The summed E-state index contributed by atoms with van der Waals surface area (Å²) in [7, 11) is 0. The Bertz CT molecular complexity index is 333. The molecule has 0 aliphatic carbocycles. The zero-order valence-electron chi connectivity index (χ0n) is 7.71. The molecule has 1 heterocycles. The van der Waals surface area contributed by atoms with Crippen molar-refractivity contribution in [3.8, 4) is 0 Å². The molecule has 0 spiro atoms. The summed E-state index contributed by atoms with van der Waals surface area (Å²) in [6.07, 6.45) is 0.642. The van der Waals surface area contributed by atoms with Crippen LogP contribution in [-0.2, 0) is 4.79 Å². The Morgan fingerprint density at radius 2 is 2.31 bits per heavy atom. The zero-order valence-corrected chi connectivity index (χ0v) is 7.71. The maximum absolute atomic E-state index is 11.0. The molecular formula is C11H13NO. The summed E-state index contributed by atoms with van der Waals surface area (Å²) >= 11 is 0. The van der Waals surface area contributed by atoms with Gasteiger partial charge in [-0.05, 0) is 12.5 Å². The van der Waals surface area contributed by atoms with E-state index in [4.69, 9.17) is 0 Å². The van der Waals surface area contributed by atoms with Crippen LogP contribution >= 0.6 is 0 Å². The molecular weight excluding hydrogens is 162 g/mol. The fourth-order valence-corrected chi connectivity index (χ4v) is 1.76. The van der Waals surface area contributed by atoms with Gasteiger partial charge in [0.2, 0.25) is 5.91 Å². The number of amides is 1. The topological polar surface area (TPSA) is 29.1 Å². The lowest BCUT2D eigenvalue weighted by Crippen LogP contribution is -2.13. The van der Waals surface area contributed by atoms with Crippen LogP contribution in [0, 0.1) is 6.92 Å². The number of benzene rings is 1. The first-order chi connectivity index (χ1) is 6.25. The minimum absolute atomic E-state index is 0.173. The van der Waals surface area contributed by atoms with Crippen molar-refractivity contribution >= 4 is 5.91 Å². The molecule has 1 aromatic rings. The van der Waals surface area contributed by atoms with Crippen LogP contribution in [0.1, 0.15) is 23.5 Å². The van der Waals surface area contributed by atoms with Crippen molar-refractivity contribution in [2.75, 3.05) is 6.54 Å². The van der Waals surface area contributed by atoms with Crippen LogP contribution < -0.4 is 5.32 Å². The third kappa shape index (κ3) is 1.72. The van der Waals surface area contributed by atoms with Gasteiger partial charge in [0, 0.05) is 18.9 Å². The number of carbonyl (C=O) groups is 1.